The third-order valence-corrected chi connectivity index (χ3v) is 4.49. The number of hydrogen-bond acceptors (Lipinski definition) is 6. The number of hydrogen-bond donors (Lipinski definition) is 0. The SMILES string of the molecule is CCCCCOP(=O)(OCCCCC)OC(C(=O)OCC)C(F)(F)F. The fourth-order valence-electron chi connectivity index (χ4n) is 1.74. The van der Waals surface area contributed by atoms with Gasteiger partial charge in [0.05, 0.1) is 19.8 Å². The first-order chi connectivity index (χ1) is 11.7. The maximum Gasteiger partial charge on any atom is 0.475 e. The molecular formula is C15H28F3O6P. The lowest BCUT2D eigenvalue weighted by Gasteiger charge is -2.24. The topological polar surface area (TPSA) is 71.1 Å². The van der Waals surface area contributed by atoms with Gasteiger partial charge in [0.25, 0.3) is 6.10 Å². The highest BCUT2D eigenvalue weighted by Crippen LogP contribution is 2.52. The van der Waals surface area contributed by atoms with E-state index in [1.807, 2.05) is 13.8 Å². The molecule has 0 spiro atoms. The van der Waals surface area contributed by atoms with E-state index in [1.54, 1.807) is 0 Å². The Bertz CT molecular complexity index is 401. The molecule has 10 heteroatoms. The number of esters is 1. The highest BCUT2D eigenvalue weighted by atomic mass is 31.2. The predicted molar refractivity (Wildman–Crippen MR) is 86.1 cm³/mol. The Hall–Kier alpha value is -0.630. The summed E-state index contributed by atoms with van der Waals surface area (Å²) in [7, 11) is -4.55. The smallest absolute Gasteiger partial charge is 0.464 e. The second-order valence-electron chi connectivity index (χ2n) is 5.31. The van der Waals surface area contributed by atoms with Crippen molar-refractivity contribution in [1.29, 1.82) is 0 Å². The van der Waals surface area contributed by atoms with E-state index in [2.05, 4.69) is 9.26 Å². The van der Waals surface area contributed by atoms with Crippen molar-refractivity contribution in [3.05, 3.63) is 0 Å². The Labute approximate surface area is 147 Å². The van der Waals surface area contributed by atoms with Crippen LogP contribution >= 0.6 is 7.82 Å². The van der Waals surface area contributed by atoms with Crippen molar-refractivity contribution in [3.8, 4) is 0 Å². The highest BCUT2D eigenvalue weighted by Gasteiger charge is 2.52. The summed E-state index contributed by atoms with van der Waals surface area (Å²) in [6, 6.07) is 0. The number of phosphoric acid groups is 1. The molecule has 0 saturated carbocycles. The van der Waals surface area contributed by atoms with Crippen LogP contribution in [-0.4, -0.2) is 38.1 Å². The summed E-state index contributed by atoms with van der Waals surface area (Å²) < 4.78 is 70.5. The van der Waals surface area contributed by atoms with Crippen molar-refractivity contribution in [1.82, 2.24) is 0 Å². The molecule has 0 radical (unpaired) electrons. The van der Waals surface area contributed by atoms with Gasteiger partial charge in [0.1, 0.15) is 0 Å². The molecule has 150 valence electrons. The van der Waals surface area contributed by atoms with Crippen LogP contribution in [-0.2, 0) is 27.7 Å². The standard InChI is InChI=1S/C15H28F3O6P/c1-4-7-9-11-22-25(20,23-12-10-8-5-2)24-13(15(16,17)18)14(19)21-6-3/h13H,4-12H2,1-3H3. The molecule has 0 amide bonds. The molecule has 6 nitrogen and oxygen atoms in total. The van der Waals surface area contributed by atoms with Crippen LogP contribution in [0.25, 0.3) is 0 Å². The predicted octanol–water partition coefficient (Wildman–Crippen LogP) is 5.02. The van der Waals surface area contributed by atoms with Crippen molar-refractivity contribution < 1.29 is 40.8 Å². The molecule has 0 aliphatic heterocycles. The van der Waals surface area contributed by atoms with E-state index in [1.165, 1.54) is 6.92 Å². The number of rotatable bonds is 14. The lowest BCUT2D eigenvalue weighted by atomic mass is 10.3. The molecule has 0 aliphatic carbocycles. The van der Waals surface area contributed by atoms with Gasteiger partial charge in [-0.3, -0.25) is 13.6 Å². The second-order valence-corrected chi connectivity index (χ2v) is 6.93. The minimum Gasteiger partial charge on any atom is -0.464 e. The minimum absolute atomic E-state index is 0.0910. The normalized spacial score (nSPS) is 13.7. The summed E-state index contributed by atoms with van der Waals surface area (Å²) in [5.41, 5.74) is 0. The van der Waals surface area contributed by atoms with Crippen molar-refractivity contribution >= 4 is 13.8 Å². The van der Waals surface area contributed by atoms with E-state index in [4.69, 9.17) is 9.05 Å². The van der Waals surface area contributed by atoms with Crippen LogP contribution in [0.3, 0.4) is 0 Å². The second kappa shape index (κ2) is 12.7. The molecule has 0 saturated heterocycles. The third-order valence-electron chi connectivity index (χ3n) is 3.03. The van der Waals surface area contributed by atoms with Crippen LogP contribution in [0.15, 0.2) is 0 Å². The van der Waals surface area contributed by atoms with Gasteiger partial charge in [-0.1, -0.05) is 39.5 Å². The quantitative estimate of drug-likeness (QED) is 0.235. The number of halogens is 3. The molecule has 0 heterocycles. The van der Waals surface area contributed by atoms with Gasteiger partial charge in [-0.15, -0.1) is 0 Å². The van der Waals surface area contributed by atoms with Gasteiger partial charge in [-0.05, 0) is 19.8 Å². The molecule has 25 heavy (non-hydrogen) atoms. The largest absolute Gasteiger partial charge is 0.475 e. The zero-order valence-electron chi connectivity index (χ0n) is 15.0. The average Bonchev–Trinajstić information content (AvgIpc) is 2.53. The Morgan fingerprint density at radius 2 is 1.44 bits per heavy atom. The number of carbonyl (C=O) groups excluding carboxylic acids is 1. The van der Waals surface area contributed by atoms with E-state index >= 15 is 0 Å². The zero-order chi connectivity index (χ0) is 19.3. The van der Waals surface area contributed by atoms with E-state index < -0.39 is 26.1 Å². The van der Waals surface area contributed by atoms with Crippen LogP contribution in [0.1, 0.15) is 59.3 Å². The summed E-state index contributed by atoms with van der Waals surface area (Å²) in [4.78, 5) is 11.5. The number of alkyl halides is 3. The molecule has 1 atom stereocenters. The maximum absolute atomic E-state index is 13.1. The fourth-order valence-corrected chi connectivity index (χ4v) is 3.10. The molecule has 1 unspecified atom stereocenters. The lowest BCUT2D eigenvalue weighted by molar-refractivity contribution is -0.215. The van der Waals surface area contributed by atoms with Gasteiger partial charge < -0.3 is 4.74 Å². The Balaban J connectivity index is 5.05. The summed E-state index contributed by atoms with van der Waals surface area (Å²) >= 11 is 0. The van der Waals surface area contributed by atoms with Gasteiger partial charge in [-0.2, -0.15) is 13.2 Å². The van der Waals surface area contributed by atoms with E-state index in [0.717, 1.165) is 25.7 Å². The molecule has 0 bridgehead atoms. The van der Waals surface area contributed by atoms with E-state index in [0.29, 0.717) is 12.8 Å². The summed E-state index contributed by atoms with van der Waals surface area (Å²) in [5, 5.41) is 0. The molecule has 0 rings (SSSR count). The molecule has 0 aromatic rings. The Morgan fingerprint density at radius 3 is 1.80 bits per heavy atom. The third kappa shape index (κ3) is 10.8. The van der Waals surface area contributed by atoms with Crippen LogP contribution < -0.4 is 0 Å². The number of ether oxygens (including phenoxy) is 1. The first-order valence-corrected chi connectivity index (χ1v) is 9.97. The minimum atomic E-state index is -5.10. The van der Waals surface area contributed by atoms with Crippen LogP contribution in [0.5, 0.6) is 0 Å². The van der Waals surface area contributed by atoms with Crippen molar-refractivity contribution in [3.63, 3.8) is 0 Å². The molecule has 0 aromatic carbocycles. The van der Waals surface area contributed by atoms with Gasteiger partial charge in [0, 0.05) is 0 Å². The molecule has 0 N–H and O–H groups in total. The van der Waals surface area contributed by atoms with E-state index in [9.17, 15) is 22.5 Å². The van der Waals surface area contributed by atoms with Crippen molar-refractivity contribution in [2.45, 2.75) is 71.6 Å². The first-order valence-electron chi connectivity index (χ1n) is 8.51. The number of unbranched alkanes of at least 4 members (excludes halogenated alkanes) is 4. The maximum atomic E-state index is 13.1. The average molecular weight is 392 g/mol. The Morgan fingerprint density at radius 1 is 0.960 bits per heavy atom. The molecule has 0 fully saturated rings. The molecule has 0 aromatic heterocycles. The Kier molecular flexibility index (Phi) is 12.4. The zero-order valence-corrected chi connectivity index (χ0v) is 15.9. The van der Waals surface area contributed by atoms with Crippen molar-refractivity contribution in [2.24, 2.45) is 0 Å². The van der Waals surface area contributed by atoms with Gasteiger partial charge >= 0.3 is 20.0 Å². The van der Waals surface area contributed by atoms with Crippen molar-refractivity contribution in [2.75, 3.05) is 19.8 Å². The van der Waals surface area contributed by atoms with Gasteiger partial charge in [0.2, 0.25) is 0 Å². The molecular weight excluding hydrogens is 364 g/mol. The summed E-state index contributed by atoms with van der Waals surface area (Å²) in [6.45, 7) is 4.76. The number of carbonyl (C=O) groups is 1. The van der Waals surface area contributed by atoms with E-state index in [-0.39, 0.29) is 19.8 Å². The van der Waals surface area contributed by atoms with Crippen LogP contribution in [0.4, 0.5) is 13.2 Å². The monoisotopic (exact) mass is 392 g/mol. The first kappa shape index (κ1) is 24.4. The number of phosphoric ester groups is 1. The summed E-state index contributed by atoms with van der Waals surface area (Å²) in [6.07, 6.45) is -3.96. The summed E-state index contributed by atoms with van der Waals surface area (Å²) in [5.74, 6) is -1.68. The van der Waals surface area contributed by atoms with Gasteiger partial charge in [-0.25, -0.2) is 9.36 Å². The molecule has 0 aliphatic rings. The highest BCUT2D eigenvalue weighted by molar-refractivity contribution is 7.48. The lowest BCUT2D eigenvalue weighted by Crippen LogP contribution is -2.40. The van der Waals surface area contributed by atoms with Gasteiger partial charge in [0.15, 0.2) is 0 Å². The van der Waals surface area contributed by atoms with Crippen LogP contribution in [0.2, 0.25) is 0 Å². The fraction of sp³-hybridized carbons (Fsp3) is 0.933. The van der Waals surface area contributed by atoms with Crippen LogP contribution in [0, 0.1) is 0 Å².